The van der Waals surface area contributed by atoms with Crippen LogP contribution >= 0.6 is 11.6 Å². The molecule has 2 aromatic carbocycles. The fourth-order valence-corrected chi connectivity index (χ4v) is 1.98. The molecule has 0 saturated heterocycles. The van der Waals surface area contributed by atoms with Gasteiger partial charge in [-0.05, 0) is 30.7 Å². The van der Waals surface area contributed by atoms with Crippen molar-refractivity contribution < 1.29 is 9.53 Å². The van der Waals surface area contributed by atoms with Gasteiger partial charge in [0.2, 0.25) is 0 Å². The highest BCUT2D eigenvalue weighted by molar-refractivity contribution is 6.32. The number of rotatable bonds is 5. The van der Waals surface area contributed by atoms with Crippen LogP contribution in [-0.2, 0) is 6.42 Å². The normalized spacial score (nSPS) is 10.2. The van der Waals surface area contributed by atoms with Crippen molar-refractivity contribution in [1.82, 2.24) is 0 Å². The monoisotopic (exact) mass is 274 g/mol. The molecule has 0 aliphatic heterocycles. The minimum absolute atomic E-state index is 0.466. The number of benzene rings is 2. The SMILES string of the molecule is Cc1ccc(CCOc2ccc(C=O)cc2Cl)cc1. The summed E-state index contributed by atoms with van der Waals surface area (Å²) in [6, 6.07) is 13.4. The number of carbonyl (C=O) groups is 1. The van der Waals surface area contributed by atoms with Crippen LogP contribution in [0.15, 0.2) is 42.5 Å². The number of ether oxygens (including phenoxy) is 1. The van der Waals surface area contributed by atoms with Crippen molar-refractivity contribution in [1.29, 1.82) is 0 Å². The lowest BCUT2D eigenvalue weighted by Gasteiger charge is -2.08. The molecule has 0 aliphatic carbocycles. The quantitative estimate of drug-likeness (QED) is 0.768. The summed E-state index contributed by atoms with van der Waals surface area (Å²) in [5.41, 5.74) is 3.03. The van der Waals surface area contributed by atoms with Crippen LogP contribution in [0.2, 0.25) is 5.02 Å². The first-order valence-corrected chi connectivity index (χ1v) is 6.50. The topological polar surface area (TPSA) is 26.3 Å². The first-order chi connectivity index (χ1) is 9.19. The van der Waals surface area contributed by atoms with Crippen LogP contribution < -0.4 is 4.74 Å². The minimum atomic E-state index is 0.466. The maximum Gasteiger partial charge on any atom is 0.150 e. The summed E-state index contributed by atoms with van der Waals surface area (Å²) in [7, 11) is 0. The Hall–Kier alpha value is -1.80. The summed E-state index contributed by atoms with van der Waals surface area (Å²) < 4.78 is 5.62. The lowest BCUT2D eigenvalue weighted by molar-refractivity contribution is 0.112. The van der Waals surface area contributed by atoms with E-state index in [1.54, 1.807) is 18.2 Å². The minimum Gasteiger partial charge on any atom is -0.492 e. The van der Waals surface area contributed by atoms with Crippen molar-refractivity contribution in [2.45, 2.75) is 13.3 Å². The molecule has 0 fully saturated rings. The average Bonchev–Trinajstić information content (AvgIpc) is 2.42. The second-order valence-corrected chi connectivity index (χ2v) is 4.80. The third kappa shape index (κ3) is 3.83. The van der Waals surface area contributed by atoms with Crippen molar-refractivity contribution in [3.8, 4) is 5.75 Å². The van der Waals surface area contributed by atoms with E-state index in [1.165, 1.54) is 11.1 Å². The molecule has 2 aromatic rings. The highest BCUT2D eigenvalue weighted by atomic mass is 35.5. The van der Waals surface area contributed by atoms with E-state index in [-0.39, 0.29) is 0 Å². The van der Waals surface area contributed by atoms with E-state index in [2.05, 4.69) is 31.2 Å². The van der Waals surface area contributed by atoms with Crippen LogP contribution in [0.5, 0.6) is 5.75 Å². The maximum atomic E-state index is 10.6. The van der Waals surface area contributed by atoms with Crippen molar-refractivity contribution in [2.75, 3.05) is 6.61 Å². The predicted molar refractivity (Wildman–Crippen MR) is 77.2 cm³/mol. The molecular weight excluding hydrogens is 260 g/mol. The molecule has 0 unspecified atom stereocenters. The van der Waals surface area contributed by atoms with Gasteiger partial charge in [-0.25, -0.2) is 0 Å². The first-order valence-electron chi connectivity index (χ1n) is 6.12. The summed E-state index contributed by atoms with van der Waals surface area (Å²) >= 11 is 6.03. The van der Waals surface area contributed by atoms with Gasteiger partial charge in [-0.1, -0.05) is 41.4 Å². The standard InChI is InChI=1S/C16H15ClO2/c1-12-2-4-13(5-3-12)8-9-19-16-7-6-14(11-18)10-15(16)17/h2-7,10-11H,8-9H2,1H3. The molecule has 0 aliphatic rings. The number of carbonyl (C=O) groups excluding carboxylic acids is 1. The Labute approximate surface area is 118 Å². The Balaban J connectivity index is 1.92. The summed E-state index contributed by atoms with van der Waals surface area (Å²) in [4.78, 5) is 10.6. The van der Waals surface area contributed by atoms with Gasteiger partial charge in [0, 0.05) is 12.0 Å². The molecular formula is C16H15ClO2. The Morgan fingerprint density at radius 1 is 1.16 bits per heavy atom. The largest absolute Gasteiger partial charge is 0.492 e. The van der Waals surface area contributed by atoms with Crippen molar-refractivity contribution in [2.24, 2.45) is 0 Å². The number of hydrogen-bond donors (Lipinski definition) is 0. The summed E-state index contributed by atoms with van der Waals surface area (Å²) in [5, 5.41) is 0.466. The molecule has 3 heteroatoms. The highest BCUT2D eigenvalue weighted by Crippen LogP contribution is 2.25. The summed E-state index contributed by atoms with van der Waals surface area (Å²) in [6.07, 6.45) is 1.59. The lowest BCUT2D eigenvalue weighted by atomic mass is 10.1. The second kappa shape index (κ2) is 6.39. The van der Waals surface area contributed by atoms with Gasteiger partial charge in [0.25, 0.3) is 0 Å². The van der Waals surface area contributed by atoms with E-state index in [0.29, 0.717) is 22.9 Å². The molecule has 0 radical (unpaired) electrons. The second-order valence-electron chi connectivity index (χ2n) is 4.39. The fraction of sp³-hybridized carbons (Fsp3) is 0.188. The third-order valence-corrected chi connectivity index (χ3v) is 3.16. The third-order valence-electron chi connectivity index (χ3n) is 2.86. The van der Waals surface area contributed by atoms with Crippen LogP contribution in [-0.4, -0.2) is 12.9 Å². The van der Waals surface area contributed by atoms with Gasteiger partial charge in [-0.2, -0.15) is 0 Å². The molecule has 0 bridgehead atoms. The van der Waals surface area contributed by atoms with E-state index in [4.69, 9.17) is 16.3 Å². The van der Waals surface area contributed by atoms with Crippen LogP contribution in [0.1, 0.15) is 21.5 Å². The van der Waals surface area contributed by atoms with Crippen LogP contribution in [0.3, 0.4) is 0 Å². The van der Waals surface area contributed by atoms with Gasteiger partial charge < -0.3 is 4.74 Å². The zero-order valence-electron chi connectivity index (χ0n) is 10.7. The molecule has 2 nitrogen and oxygen atoms in total. The van der Waals surface area contributed by atoms with Gasteiger partial charge in [-0.3, -0.25) is 4.79 Å². The van der Waals surface area contributed by atoms with E-state index in [9.17, 15) is 4.79 Å². The molecule has 2 rings (SSSR count). The van der Waals surface area contributed by atoms with E-state index < -0.39 is 0 Å². The molecule has 0 heterocycles. The molecule has 0 aromatic heterocycles. The van der Waals surface area contributed by atoms with Gasteiger partial charge in [0.15, 0.2) is 0 Å². The molecule has 0 spiro atoms. The lowest BCUT2D eigenvalue weighted by Crippen LogP contribution is -2.02. The van der Waals surface area contributed by atoms with Crippen LogP contribution in [0.4, 0.5) is 0 Å². The molecule has 0 N–H and O–H groups in total. The van der Waals surface area contributed by atoms with E-state index in [0.717, 1.165) is 12.7 Å². The Bertz CT molecular complexity index is 561. The number of aldehydes is 1. The Kier molecular flexibility index (Phi) is 4.58. The van der Waals surface area contributed by atoms with Crippen LogP contribution in [0, 0.1) is 6.92 Å². The smallest absolute Gasteiger partial charge is 0.150 e. The molecule has 0 saturated carbocycles. The number of halogens is 1. The van der Waals surface area contributed by atoms with Gasteiger partial charge in [0.05, 0.1) is 11.6 Å². The Morgan fingerprint density at radius 2 is 1.89 bits per heavy atom. The average molecular weight is 275 g/mol. The maximum absolute atomic E-state index is 10.6. The fourth-order valence-electron chi connectivity index (χ4n) is 1.74. The van der Waals surface area contributed by atoms with Gasteiger partial charge >= 0.3 is 0 Å². The number of hydrogen-bond acceptors (Lipinski definition) is 2. The predicted octanol–water partition coefficient (Wildman–Crippen LogP) is 4.08. The Morgan fingerprint density at radius 3 is 2.53 bits per heavy atom. The van der Waals surface area contributed by atoms with Crippen molar-refractivity contribution >= 4 is 17.9 Å². The summed E-state index contributed by atoms with van der Waals surface area (Å²) in [6.45, 7) is 2.62. The zero-order valence-corrected chi connectivity index (χ0v) is 11.5. The number of aryl methyl sites for hydroxylation is 1. The highest BCUT2D eigenvalue weighted by Gasteiger charge is 2.03. The van der Waals surface area contributed by atoms with Crippen molar-refractivity contribution in [3.05, 3.63) is 64.2 Å². The molecule has 19 heavy (non-hydrogen) atoms. The van der Waals surface area contributed by atoms with Crippen molar-refractivity contribution in [3.63, 3.8) is 0 Å². The molecule has 98 valence electrons. The first kappa shape index (κ1) is 13.6. The van der Waals surface area contributed by atoms with E-state index >= 15 is 0 Å². The molecule has 0 amide bonds. The molecule has 0 atom stereocenters. The van der Waals surface area contributed by atoms with Gasteiger partial charge in [-0.15, -0.1) is 0 Å². The zero-order chi connectivity index (χ0) is 13.7. The summed E-state index contributed by atoms with van der Waals surface area (Å²) in [5.74, 6) is 0.611. The van der Waals surface area contributed by atoms with E-state index in [1.807, 2.05) is 0 Å². The van der Waals surface area contributed by atoms with Gasteiger partial charge in [0.1, 0.15) is 12.0 Å². The van der Waals surface area contributed by atoms with Crippen LogP contribution in [0.25, 0.3) is 0 Å².